The van der Waals surface area contributed by atoms with Crippen LogP contribution in [0.5, 0.6) is 0 Å². The van der Waals surface area contributed by atoms with Gasteiger partial charge in [-0.25, -0.2) is 4.98 Å². The van der Waals surface area contributed by atoms with Gasteiger partial charge < -0.3 is 4.90 Å². The third kappa shape index (κ3) is 3.93. The third-order valence-electron chi connectivity index (χ3n) is 2.03. The van der Waals surface area contributed by atoms with Crippen LogP contribution in [0.2, 0.25) is 5.02 Å². The Bertz CT molecular complexity index is 320. The quantitative estimate of drug-likeness (QED) is 0.738. The van der Waals surface area contributed by atoms with Crippen LogP contribution >= 0.6 is 43.5 Å². The van der Waals surface area contributed by atoms with Crippen molar-refractivity contribution in [1.29, 1.82) is 0 Å². The molecule has 2 nitrogen and oxygen atoms in total. The molecule has 0 atom stereocenters. The maximum Gasteiger partial charge on any atom is 0.147 e. The SMILES string of the molecule is CCN(CCCBr)c1ncc(Br)cc1Cl. The third-order valence-corrected chi connectivity index (χ3v) is 3.30. The zero-order chi connectivity index (χ0) is 11.3. The predicted molar refractivity (Wildman–Crippen MR) is 73.2 cm³/mol. The van der Waals surface area contributed by atoms with Crippen molar-refractivity contribution in [1.82, 2.24) is 4.98 Å². The highest BCUT2D eigenvalue weighted by molar-refractivity contribution is 9.10. The lowest BCUT2D eigenvalue weighted by Crippen LogP contribution is -2.25. The average molecular weight is 356 g/mol. The molecule has 0 fully saturated rings. The summed E-state index contributed by atoms with van der Waals surface area (Å²) in [5.41, 5.74) is 0. The zero-order valence-electron chi connectivity index (χ0n) is 8.51. The fourth-order valence-electron chi connectivity index (χ4n) is 1.30. The number of alkyl halides is 1. The van der Waals surface area contributed by atoms with Gasteiger partial charge >= 0.3 is 0 Å². The van der Waals surface area contributed by atoms with E-state index in [2.05, 4.69) is 48.7 Å². The molecule has 84 valence electrons. The minimum absolute atomic E-state index is 0.695. The van der Waals surface area contributed by atoms with Crippen LogP contribution < -0.4 is 4.90 Å². The van der Waals surface area contributed by atoms with E-state index in [9.17, 15) is 0 Å². The second-order valence-electron chi connectivity index (χ2n) is 3.08. The number of anilines is 1. The molecule has 0 spiro atoms. The van der Waals surface area contributed by atoms with Gasteiger partial charge in [-0.1, -0.05) is 27.5 Å². The monoisotopic (exact) mass is 354 g/mol. The van der Waals surface area contributed by atoms with E-state index in [0.29, 0.717) is 5.02 Å². The highest BCUT2D eigenvalue weighted by Crippen LogP contribution is 2.26. The molecular formula is C10H13Br2ClN2. The van der Waals surface area contributed by atoms with Crippen molar-refractivity contribution in [2.45, 2.75) is 13.3 Å². The van der Waals surface area contributed by atoms with Crippen LogP contribution in [0.25, 0.3) is 0 Å². The first-order valence-corrected chi connectivity index (χ1v) is 7.10. The van der Waals surface area contributed by atoms with Gasteiger partial charge in [0.25, 0.3) is 0 Å². The van der Waals surface area contributed by atoms with Gasteiger partial charge in [-0.05, 0) is 35.3 Å². The molecule has 0 aliphatic heterocycles. The van der Waals surface area contributed by atoms with E-state index in [-0.39, 0.29) is 0 Å². The minimum Gasteiger partial charge on any atom is -0.356 e. The van der Waals surface area contributed by atoms with E-state index in [4.69, 9.17) is 11.6 Å². The maximum atomic E-state index is 6.14. The maximum absolute atomic E-state index is 6.14. The molecule has 0 N–H and O–H groups in total. The van der Waals surface area contributed by atoms with Gasteiger partial charge in [0.15, 0.2) is 0 Å². The van der Waals surface area contributed by atoms with Crippen LogP contribution in [0.1, 0.15) is 13.3 Å². The van der Waals surface area contributed by atoms with Gasteiger partial charge in [-0.2, -0.15) is 0 Å². The normalized spacial score (nSPS) is 10.4. The first-order chi connectivity index (χ1) is 7.19. The molecule has 0 unspecified atom stereocenters. The van der Waals surface area contributed by atoms with Gasteiger partial charge in [0.05, 0.1) is 5.02 Å². The molecule has 0 aromatic carbocycles. The standard InChI is InChI=1S/C10H13Br2ClN2/c1-2-15(5-3-4-11)10-9(13)6-8(12)7-14-10/h6-7H,2-5H2,1H3. The Morgan fingerprint density at radius 3 is 2.80 bits per heavy atom. The fraction of sp³-hybridized carbons (Fsp3) is 0.500. The Labute approximate surface area is 112 Å². The highest BCUT2D eigenvalue weighted by atomic mass is 79.9. The second-order valence-corrected chi connectivity index (χ2v) is 5.20. The Hall–Kier alpha value is 0.200. The Morgan fingerprint density at radius 1 is 1.53 bits per heavy atom. The summed E-state index contributed by atoms with van der Waals surface area (Å²) in [4.78, 5) is 6.51. The summed E-state index contributed by atoms with van der Waals surface area (Å²) in [7, 11) is 0. The Kier molecular flexibility index (Phi) is 5.94. The van der Waals surface area contributed by atoms with Gasteiger partial charge in [0, 0.05) is 29.1 Å². The number of aromatic nitrogens is 1. The van der Waals surface area contributed by atoms with Gasteiger partial charge in [0.2, 0.25) is 0 Å². The summed E-state index contributed by atoms with van der Waals surface area (Å²) >= 11 is 12.9. The summed E-state index contributed by atoms with van der Waals surface area (Å²) in [5, 5.41) is 1.69. The van der Waals surface area contributed by atoms with Gasteiger partial charge in [-0.15, -0.1) is 0 Å². The van der Waals surface area contributed by atoms with Crippen molar-refractivity contribution in [3.63, 3.8) is 0 Å². The van der Waals surface area contributed by atoms with Crippen molar-refractivity contribution in [3.8, 4) is 0 Å². The van der Waals surface area contributed by atoms with Crippen molar-refractivity contribution in [3.05, 3.63) is 21.8 Å². The topological polar surface area (TPSA) is 16.1 Å². The Morgan fingerprint density at radius 2 is 2.27 bits per heavy atom. The first-order valence-electron chi connectivity index (χ1n) is 4.81. The van der Waals surface area contributed by atoms with Crippen LogP contribution in [0.4, 0.5) is 5.82 Å². The summed E-state index contributed by atoms with van der Waals surface area (Å²) < 4.78 is 0.910. The van der Waals surface area contributed by atoms with Crippen molar-refractivity contribution < 1.29 is 0 Å². The smallest absolute Gasteiger partial charge is 0.147 e. The largest absolute Gasteiger partial charge is 0.356 e. The molecule has 0 aliphatic rings. The van der Waals surface area contributed by atoms with E-state index < -0.39 is 0 Å². The highest BCUT2D eigenvalue weighted by Gasteiger charge is 2.09. The molecule has 0 saturated heterocycles. The van der Waals surface area contributed by atoms with Crippen LogP contribution in [-0.4, -0.2) is 23.4 Å². The van der Waals surface area contributed by atoms with Crippen molar-refractivity contribution >= 4 is 49.3 Å². The van der Waals surface area contributed by atoms with Crippen LogP contribution in [0.15, 0.2) is 16.7 Å². The molecule has 1 heterocycles. The summed E-state index contributed by atoms with van der Waals surface area (Å²) in [6.45, 7) is 3.99. The lowest BCUT2D eigenvalue weighted by molar-refractivity contribution is 0.785. The molecule has 15 heavy (non-hydrogen) atoms. The number of pyridine rings is 1. The first kappa shape index (κ1) is 13.3. The average Bonchev–Trinajstić information content (AvgIpc) is 2.21. The molecule has 5 heteroatoms. The van der Waals surface area contributed by atoms with E-state index in [1.807, 2.05) is 6.07 Å². The summed E-state index contributed by atoms with van der Waals surface area (Å²) in [6.07, 6.45) is 2.86. The number of rotatable bonds is 5. The molecular weight excluding hydrogens is 343 g/mol. The van der Waals surface area contributed by atoms with E-state index in [1.54, 1.807) is 6.20 Å². The minimum atomic E-state index is 0.695. The molecule has 0 amide bonds. The number of nitrogens with zero attached hydrogens (tertiary/aromatic N) is 2. The van der Waals surface area contributed by atoms with E-state index in [0.717, 1.165) is 35.1 Å². The van der Waals surface area contributed by atoms with Crippen molar-refractivity contribution in [2.24, 2.45) is 0 Å². The van der Waals surface area contributed by atoms with Gasteiger partial charge in [0.1, 0.15) is 5.82 Å². The van der Waals surface area contributed by atoms with Crippen LogP contribution in [0, 0.1) is 0 Å². The molecule has 0 bridgehead atoms. The van der Waals surface area contributed by atoms with E-state index in [1.165, 1.54) is 0 Å². The zero-order valence-corrected chi connectivity index (χ0v) is 12.4. The lowest BCUT2D eigenvalue weighted by atomic mass is 10.3. The lowest BCUT2D eigenvalue weighted by Gasteiger charge is -2.22. The molecule has 1 aromatic rings. The van der Waals surface area contributed by atoms with E-state index >= 15 is 0 Å². The van der Waals surface area contributed by atoms with Crippen LogP contribution in [-0.2, 0) is 0 Å². The number of halogens is 3. The number of hydrogen-bond donors (Lipinski definition) is 0. The summed E-state index contributed by atoms with van der Waals surface area (Å²) in [5.74, 6) is 0.864. The molecule has 1 rings (SSSR count). The summed E-state index contributed by atoms with van der Waals surface area (Å²) in [6, 6.07) is 1.88. The second kappa shape index (κ2) is 6.71. The molecule has 0 radical (unpaired) electrons. The number of hydrogen-bond acceptors (Lipinski definition) is 2. The van der Waals surface area contributed by atoms with Gasteiger partial charge in [-0.3, -0.25) is 0 Å². The van der Waals surface area contributed by atoms with Crippen molar-refractivity contribution in [2.75, 3.05) is 23.3 Å². The molecule has 1 aromatic heterocycles. The fourth-order valence-corrected chi connectivity index (χ4v) is 2.30. The Balaban J connectivity index is 2.81. The molecule has 0 aliphatic carbocycles. The van der Waals surface area contributed by atoms with Crippen LogP contribution in [0.3, 0.4) is 0 Å². The molecule has 0 saturated carbocycles. The predicted octanol–water partition coefficient (Wildman–Crippen LogP) is 4.11.